The van der Waals surface area contributed by atoms with Gasteiger partial charge in [0.1, 0.15) is 23.9 Å². The first kappa shape index (κ1) is 15.4. The van der Waals surface area contributed by atoms with Gasteiger partial charge in [0.2, 0.25) is 5.76 Å². The number of para-hydroxylation sites is 1. The highest BCUT2D eigenvalue weighted by Gasteiger charge is 2.23. The van der Waals surface area contributed by atoms with Crippen LogP contribution in [-0.4, -0.2) is 30.4 Å². The molecule has 0 aliphatic heterocycles. The summed E-state index contributed by atoms with van der Waals surface area (Å²) in [7, 11) is 0. The van der Waals surface area contributed by atoms with Crippen LogP contribution in [0.3, 0.4) is 0 Å². The van der Waals surface area contributed by atoms with Gasteiger partial charge in [0, 0.05) is 6.54 Å². The van der Waals surface area contributed by atoms with E-state index in [1.54, 1.807) is 13.0 Å². The number of benzene rings is 1. The smallest absolute Gasteiger partial charge is 0.246 e. The van der Waals surface area contributed by atoms with Crippen LogP contribution in [0, 0.1) is 11.3 Å². The van der Waals surface area contributed by atoms with Crippen molar-refractivity contribution in [2.75, 3.05) is 19.7 Å². The van der Waals surface area contributed by atoms with Gasteiger partial charge in [-0.25, -0.2) is 0 Å². The largest absolute Gasteiger partial charge is 0.485 e. The van der Waals surface area contributed by atoms with Crippen molar-refractivity contribution < 1.29 is 14.3 Å². The zero-order chi connectivity index (χ0) is 15.3. The monoisotopic (exact) mass is 288 g/mol. The second-order valence-electron chi connectivity index (χ2n) is 5.33. The Morgan fingerprint density at radius 3 is 2.90 bits per heavy atom. The Kier molecular flexibility index (Phi) is 4.84. The van der Waals surface area contributed by atoms with Crippen LogP contribution in [0.1, 0.15) is 26.0 Å². The van der Waals surface area contributed by atoms with Crippen LogP contribution in [-0.2, 0) is 0 Å². The van der Waals surface area contributed by atoms with E-state index in [-0.39, 0.29) is 12.4 Å². The SMILES string of the molecule is CCCNCC(C)(O)COc1c(C#N)oc2ccccc12. The van der Waals surface area contributed by atoms with Gasteiger partial charge < -0.3 is 19.6 Å². The Morgan fingerprint density at radius 1 is 1.43 bits per heavy atom. The van der Waals surface area contributed by atoms with Gasteiger partial charge in [0.25, 0.3) is 0 Å². The van der Waals surface area contributed by atoms with Gasteiger partial charge >= 0.3 is 0 Å². The molecule has 112 valence electrons. The molecular weight excluding hydrogens is 268 g/mol. The molecule has 2 aromatic rings. The van der Waals surface area contributed by atoms with Crippen molar-refractivity contribution in [3.8, 4) is 11.8 Å². The van der Waals surface area contributed by atoms with Crippen molar-refractivity contribution in [3.63, 3.8) is 0 Å². The molecule has 0 aliphatic rings. The summed E-state index contributed by atoms with van der Waals surface area (Å²) in [5, 5.41) is 23.3. The molecule has 1 aromatic heterocycles. The summed E-state index contributed by atoms with van der Waals surface area (Å²) in [5.41, 5.74) is -0.409. The Hall–Kier alpha value is -2.03. The van der Waals surface area contributed by atoms with Crippen LogP contribution >= 0.6 is 0 Å². The summed E-state index contributed by atoms with van der Waals surface area (Å²) >= 11 is 0. The number of ether oxygens (including phenoxy) is 1. The van der Waals surface area contributed by atoms with Crippen molar-refractivity contribution in [3.05, 3.63) is 30.0 Å². The van der Waals surface area contributed by atoms with Gasteiger partial charge in [0.05, 0.1) is 5.39 Å². The Balaban J connectivity index is 2.11. The van der Waals surface area contributed by atoms with Crippen LogP contribution in [0.2, 0.25) is 0 Å². The third-order valence-electron chi connectivity index (χ3n) is 3.11. The number of nitriles is 1. The van der Waals surface area contributed by atoms with Crippen molar-refractivity contribution in [1.29, 1.82) is 5.26 Å². The molecule has 5 nitrogen and oxygen atoms in total. The maximum Gasteiger partial charge on any atom is 0.246 e. The molecule has 0 radical (unpaired) electrons. The second kappa shape index (κ2) is 6.61. The quantitative estimate of drug-likeness (QED) is 0.765. The topological polar surface area (TPSA) is 78.4 Å². The maximum atomic E-state index is 10.3. The highest BCUT2D eigenvalue weighted by Crippen LogP contribution is 2.32. The number of hydrogen-bond donors (Lipinski definition) is 2. The standard InChI is InChI=1S/C16H20N2O3/c1-3-8-18-10-16(2,19)11-20-15-12-6-4-5-7-13(12)21-14(15)9-17/h4-7,18-19H,3,8,10-11H2,1-2H3. The number of nitrogens with one attached hydrogen (secondary N) is 1. The number of fused-ring (bicyclic) bond motifs is 1. The molecule has 1 heterocycles. The van der Waals surface area contributed by atoms with Crippen molar-refractivity contribution >= 4 is 11.0 Å². The van der Waals surface area contributed by atoms with E-state index in [2.05, 4.69) is 12.2 Å². The van der Waals surface area contributed by atoms with E-state index in [9.17, 15) is 5.11 Å². The van der Waals surface area contributed by atoms with Crippen LogP contribution < -0.4 is 10.1 Å². The van der Waals surface area contributed by atoms with Crippen LogP contribution in [0.15, 0.2) is 28.7 Å². The average Bonchev–Trinajstić information content (AvgIpc) is 2.83. The first-order valence-electron chi connectivity index (χ1n) is 7.05. The summed E-state index contributed by atoms with van der Waals surface area (Å²) in [6, 6.07) is 9.29. The van der Waals surface area contributed by atoms with Crippen molar-refractivity contribution in [1.82, 2.24) is 5.32 Å². The number of furan rings is 1. The summed E-state index contributed by atoms with van der Waals surface area (Å²) in [4.78, 5) is 0. The molecule has 1 atom stereocenters. The lowest BCUT2D eigenvalue weighted by molar-refractivity contribution is 0.0126. The minimum Gasteiger partial charge on any atom is -0.485 e. The highest BCUT2D eigenvalue weighted by atomic mass is 16.5. The average molecular weight is 288 g/mol. The van der Waals surface area contributed by atoms with Gasteiger partial charge in [0.15, 0.2) is 5.75 Å². The van der Waals surface area contributed by atoms with Gasteiger partial charge in [-0.3, -0.25) is 0 Å². The van der Waals surface area contributed by atoms with E-state index < -0.39 is 5.60 Å². The maximum absolute atomic E-state index is 10.3. The molecule has 0 saturated carbocycles. The van der Waals surface area contributed by atoms with Gasteiger partial charge in [-0.15, -0.1) is 0 Å². The molecule has 2 rings (SSSR count). The normalized spacial score (nSPS) is 13.8. The zero-order valence-electron chi connectivity index (χ0n) is 12.3. The molecule has 21 heavy (non-hydrogen) atoms. The first-order valence-corrected chi connectivity index (χ1v) is 7.05. The molecular formula is C16H20N2O3. The third kappa shape index (κ3) is 3.75. The Bertz CT molecular complexity index is 640. The molecule has 0 aliphatic carbocycles. The first-order chi connectivity index (χ1) is 10.1. The minimum atomic E-state index is -1.01. The van der Waals surface area contributed by atoms with E-state index in [1.807, 2.05) is 24.3 Å². The fourth-order valence-corrected chi connectivity index (χ4v) is 2.05. The second-order valence-corrected chi connectivity index (χ2v) is 5.33. The Labute approximate surface area is 124 Å². The molecule has 5 heteroatoms. The molecule has 0 spiro atoms. The number of aliphatic hydroxyl groups is 1. The lowest BCUT2D eigenvalue weighted by atomic mass is 10.1. The van der Waals surface area contributed by atoms with E-state index in [1.165, 1.54) is 0 Å². The number of nitrogens with zero attached hydrogens (tertiary/aromatic N) is 1. The lowest BCUT2D eigenvalue weighted by Crippen LogP contribution is -2.43. The fraction of sp³-hybridized carbons (Fsp3) is 0.438. The molecule has 0 saturated heterocycles. The van der Waals surface area contributed by atoms with E-state index in [4.69, 9.17) is 14.4 Å². The fourth-order valence-electron chi connectivity index (χ4n) is 2.05. The highest BCUT2D eigenvalue weighted by molar-refractivity contribution is 5.86. The molecule has 1 aromatic carbocycles. The molecule has 0 bridgehead atoms. The van der Waals surface area contributed by atoms with E-state index in [0.29, 0.717) is 17.9 Å². The summed E-state index contributed by atoms with van der Waals surface area (Å²) in [6.07, 6.45) is 1.00. The number of hydrogen-bond acceptors (Lipinski definition) is 5. The zero-order valence-corrected chi connectivity index (χ0v) is 12.3. The van der Waals surface area contributed by atoms with Gasteiger partial charge in [-0.05, 0) is 32.0 Å². The molecule has 2 N–H and O–H groups in total. The van der Waals surface area contributed by atoms with E-state index in [0.717, 1.165) is 18.4 Å². The van der Waals surface area contributed by atoms with Crippen molar-refractivity contribution in [2.24, 2.45) is 0 Å². The third-order valence-corrected chi connectivity index (χ3v) is 3.11. The number of rotatable bonds is 7. The van der Waals surface area contributed by atoms with E-state index >= 15 is 0 Å². The predicted octanol–water partition coefficient (Wildman–Crippen LogP) is 2.43. The lowest BCUT2D eigenvalue weighted by Gasteiger charge is -2.23. The van der Waals surface area contributed by atoms with Gasteiger partial charge in [-0.1, -0.05) is 19.1 Å². The van der Waals surface area contributed by atoms with Crippen LogP contribution in [0.4, 0.5) is 0 Å². The van der Waals surface area contributed by atoms with Gasteiger partial charge in [-0.2, -0.15) is 5.26 Å². The van der Waals surface area contributed by atoms with Crippen molar-refractivity contribution in [2.45, 2.75) is 25.9 Å². The van der Waals surface area contributed by atoms with Crippen LogP contribution in [0.5, 0.6) is 5.75 Å². The molecule has 0 fully saturated rings. The minimum absolute atomic E-state index is 0.0852. The molecule has 1 unspecified atom stereocenters. The summed E-state index contributed by atoms with van der Waals surface area (Å²) in [6.45, 7) is 5.12. The summed E-state index contributed by atoms with van der Waals surface area (Å²) < 4.78 is 11.1. The molecule has 0 amide bonds. The Morgan fingerprint density at radius 2 is 2.19 bits per heavy atom. The predicted molar refractivity (Wildman–Crippen MR) is 80.2 cm³/mol. The van der Waals surface area contributed by atoms with Crippen LogP contribution in [0.25, 0.3) is 11.0 Å². The summed E-state index contributed by atoms with van der Waals surface area (Å²) in [5.74, 6) is 0.525.